The number of para-hydroxylation sites is 2. The van der Waals surface area contributed by atoms with Gasteiger partial charge in [-0.15, -0.1) is 0 Å². The predicted molar refractivity (Wildman–Crippen MR) is 65.4 cm³/mol. The molecule has 0 atom stereocenters. The van der Waals surface area contributed by atoms with Gasteiger partial charge in [0, 0.05) is 0 Å². The monoisotopic (exact) mass is 248 g/mol. The molecule has 0 fully saturated rings. The maximum Gasteiger partial charge on any atom is 0.413 e. The molecule has 1 aromatic heterocycles. The molecule has 0 saturated carbocycles. The Morgan fingerprint density at radius 1 is 1.44 bits per heavy atom. The molecular weight excluding hydrogens is 236 g/mol. The van der Waals surface area contributed by atoms with Crippen LogP contribution >= 0.6 is 0 Å². The number of ether oxygens (including phenoxy) is 1. The summed E-state index contributed by atoms with van der Waals surface area (Å²) in [5.41, 5.74) is 6.35. The van der Waals surface area contributed by atoms with E-state index in [1.807, 2.05) is 0 Å². The Bertz CT molecular complexity index is 605. The molecule has 0 aliphatic heterocycles. The van der Waals surface area contributed by atoms with Crippen molar-refractivity contribution in [2.75, 3.05) is 11.9 Å². The van der Waals surface area contributed by atoms with Crippen LogP contribution in [0.4, 0.5) is 15.5 Å². The first-order valence-electron chi connectivity index (χ1n) is 5.34. The highest BCUT2D eigenvalue weighted by molar-refractivity contribution is 5.95. The van der Waals surface area contributed by atoms with Gasteiger partial charge in [-0.1, -0.05) is 12.1 Å². The molecular formula is C11H12N4O3. The van der Waals surface area contributed by atoms with Crippen LogP contribution in [-0.4, -0.2) is 28.3 Å². The van der Waals surface area contributed by atoms with E-state index in [4.69, 9.17) is 10.5 Å². The van der Waals surface area contributed by atoms with Crippen LogP contribution in [-0.2, 0) is 4.74 Å². The number of carbonyl (C=O) groups excluding carboxylic acids is 2. The zero-order valence-corrected chi connectivity index (χ0v) is 9.71. The number of nitrogens with two attached hydrogens (primary N) is 1. The van der Waals surface area contributed by atoms with Gasteiger partial charge in [0.05, 0.1) is 17.6 Å². The van der Waals surface area contributed by atoms with E-state index in [0.717, 1.165) is 4.57 Å². The number of aromatic nitrogens is 2. The van der Waals surface area contributed by atoms with Crippen LogP contribution in [0.5, 0.6) is 0 Å². The lowest BCUT2D eigenvalue weighted by Crippen LogP contribution is -2.24. The topological polar surface area (TPSA) is 99.2 Å². The fraction of sp³-hybridized carbons (Fsp3) is 0.182. The quantitative estimate of drug-likeness (QED) is 0.841. The molecule has 0 aliphatic carbocycles. The van der Waals surface area contributed by atoms with Crippen molar-refractivity contribution in [3.05, 3.63) is 24.3 Å². The number of imidazole rings is 1. The van der Waals surface area contributed by atoms with Crippen LogP contribution in [0.2, 0.25) is 0 Å². The first kappa shape index (κ1) is 11.9. The van der Waals surface area contributed by atoms with E-state index in [1.165, 1.54) is 0 Å². The molecule has 2 rings (SSSR count). The Morgan fingerprint density at radius 2 is 2.17 bits per heavy atom. The highest BCUT2D eigenvalue weighted by Gasteiger charge is 2.16. The third-order valence-corrected chi connectivity index (χ3v) is 2.27. The van der Waals surface area contributed by atoms with Gasteiger partial charge in [-0.25, -0.2) is 19.1 Å². The standard InChI is InChI=1S/C11H12N4O3/c1-2-18-11(17)14-10-13-7-5-3-4-6-8(7)15(10)9(12)16/h3-6H,2H2,1H3,(H2,12,16)(H,13,14,17). The second-order valence-electron chi connectivity index (χ2n) is 3.44. The highest BCUT2D eigenvalue weighted by Crippen LogP contribution is 2.18. The number of nitrogens with zero attached hydrogens (tertiary/aromatic N) is 2. The number of amides is 2. The fourth-order valence-electron chi connectivity index (χ4n) is 1.59. The Balaban J connectivity index is 2.46. The first-order chi connectivity index (χ1) is 8.63. The molecule has 7 heteroatoms. The molecule has 0 saturated heterocycles. The van der Waals surface area contributed by atoms with Crippen molar-refractivity contribution in [2.24, 2.45) is 5.73 Å². The molecule has 1 heterocycles. The van der Waals surface area contributed by atoms with E-state index in [-0.39, 0.29) is 12.6 Å². The average Bonchev–Trinajstić information content (AvgIpc) is 2.66. The zero-order chi connectivity index (χ0) is 13.1. The third-order valence-electron chi connectivity index (χ3n) is 2.27. The van der Waals surface area contributed by atoms with Crippen LogP contribution in [0, 0.1) is 0 Å². The molecule has 3 N–H and O–H groups in total. The van der Waals surface area contributed by atoms with Crippen LogP contribution < -0.4 is 11.1 Å². The summed E-state index contributed by atoms with van der Waals surface area (Å²) in [6, 6.07) is 6.19. The summed E-state index contributed by atoms with van der Waals surface area (Å²) in [6.07, 6.45) is -0.685. The minimum Gasteiger partial charge on any atom is -0.450 e. The second kappa shape index (κ2) is 4.74. The number of hydrogen-bond donors (Lipinski definition) is 2. The number of nitrogens with one attached hydrogen (secondary N) is 1. The van der Waals surface area contributed by atoms with E-state index < -0.39 is 12.1 Å². The van der Waals surface area contributed by atoms with Gasteiger partial charge in [0.1, 0.15) is 0 Å². The number of primary amides is 1. The van der Waals surface area contributed by atoms with Gasteiger partial charge in [0.25, 0.3) is 0 Å². The molecule has 0 aliphatic rings. The van der Waals surface area contributed by atoms with Gasteiger partial charge in [0.15, 0.2) is 0 Å². The van der Waals surface area contributed by atoms with Gasteiger partial charge >= 0.3 is 12.1 Å². The summed E-state index contributed by atoms with van der Waals surface area (Å²) in [5, 5.41) is 2.37. The van der Waals surface area contributed by atoms with Crippen molar-refractivity contribution in [3.63, 3.8) is 0 Å². The van der Waals surface area contributed by atoms with E-state index in [2.05, 4.69) is 10.3 Å². The normalized spacial score (nSPS) is 10.3. The van der Waals surface area contributed by atoms with Gasteiger partial charge in [0.2, 0.25) is 5.95 Å². The number of hydrogen-bond acceptors (Lipinski definition) is 4. The number of anilines is 1. The van der Waals surface area contributed by atoms with Gasteiger partial charge in [-0.05, 0) is 19.1 Å². The number of rotatable bonds is 2. The van der Waals surface area contributed by atoms with Gasteiger partial charge in [-0.3, -0.25) is 5.32 Å². The van der Waals surface area contributed by atoms with Crippen LogP contribution in [0.1, 0.15) is 6.92 Å². The summed E-state index contributed by atoms with van der Waals surface area (Å²) < 4.78 is 5.84. The second-order valence-corrected chi connectivity index (χ2v) is 3.44. The minimum absolute atomic E-state index is 0.0437. The number of carbonyl (C=O) groups is 2. The molecule has 1 aromatic carbocycles. The number of fused-ring (bicyclic) bond motifs is 1. The van der Waals surface area contributed by atoms with Crippen molar-refractivity contribution < 1.29 is 14.3 Å². The fourth-order valence-corrected chi connectivity index (χ4v) is 1.59. The molecule has 18 heavy (non-hydrogen) atoms. The largest absolute Gasteiger partial charge is 0.450 e. The van der Waals surface area contributed by atoms with Crippen molar-refractivity contribution in [1.82, 2.24) is 9.55 Å². The number of benzene rings is 1. The van der Waals surface area contributed by atoms with Gasteiger partial charge < -0.3 is 10.5 Å². The Labute approximate surface area is 103 Å². The summed E-state index contributed by atoms with van der Waals surface area (Å²) >= 11 is 0. The lowest BCUT2D eigenvalue weighted by molar-refractivity contribution is 0.167. The van der Waals surface area contributed by atoms with Crippen molar-refractivity contribution in [1.29, 1.82) is 0 Å². The van der Waals surface area contributed by atoms with Crippen LogP contribution in [0.25, 0.3) is 11.0 Å². The lowest BCUT2D eigenvalue weighted by atomic mass is 10.3. The minimum atomic E-state index is -0.726. The van der Waals surface area contributed by atoms with Gasteiger partial charge in [-0.2, -0.15) is 0 Å². The highest BCUT2D eigenvalue weighted by atomic mass is 16.5. The third kappa shape index (κ3) is 2.10. The molecule has 2 aromatic rings. The van der Waals surface area contributed by atoms with Crippen molar-refractivity contribution in [2.45, 2.75) is 6.92 Å². The van der Waals surface area contributed by atoms with Crippen molar-refractivity contribution in [3.8, 4) is 0 Å². The first-order valence-corrected chi connectivity index (χ1v) is 5.34. The maximum atomic E-state index is 11.4. The van der Waals surface area contributed by atoms with Crippen LogP contribution in [0.3, 0.4) is 0 Å². The maximum absolute atomic E-state index is 11.4. The predicted octanol–water partition coefficient (Wildman–Crippen LogP) is 1.53. The summed E-state index contributed by atoms with van der Waals surface area (Å²) in [7, 11) is 0. The molecule has 0 radical (unpaired) electrons. The molecule has 0 unspecified atom stereocenters. The lowest BCUT2D eigenvalue weighted by Gasteiger charge is -2.05. The Kier molecular flexibility index (Phi) is 3.13. The summed E-state index contributed by atoms with van der Waals surface area (Å²) in [6.45, 7) is 1.90. The van der Waals surface area contributed by atoms with E-state index in [1.54, 1.807) is 31.2 Å². The molecule has 0 bridgehead atoms. The molecule has 94 valence electrons. The molecule has 2 amide bonds. The van der Waals surface area contributed by atoms with Crippen molar-refractivity contribution >= 4 is 29.1 Å². The summed E-state index contributed by atoms with van der Waals surface area (Å²) in [5.74, 6) is 0.0437. The van der Waals surface area contributed by atoms with E-state index in [0.29, 0.717) is 11.0 Å². The van der Waals surface area contributed by atoms with E-state index in [9.17, 15) is 9.59 Å². The SMILES string of the molecule is CCOC(=O)Nc1nc2ccccc2n1C(N)=O. The van der Waals surface area contributed by atoms with Crippen LogP contribution in [0.15, 0.2) is 24.3 Å². The summed E-state index contributed by atoms with van der Waals surface area (Å²) in [4.78, 5) is 26.8. The Hall–Kier alpha value is -2.57. The Morgan fingerprint density at radius 3 is 2.83 bits per heavy atom. The van der Waals surface area contributed by atoms with E-state index >= 15 is 0 Å². The molecule has 7 nitrogen and oxygen atoms in total. The average molecular weight is 248 g/mol. The molecule has 0 spiro atoms. The zero-order valence-electron chi connectivity index (χ0n) is 9.71. The smallest absolute Gasteiger partial charge is 0.413 e.